The molecule has 0 bridgehead atoms. The zero-order valence-electron chi connectivity index (χ0n) is 11.7. The van der Waals surface area contributed by atoms with E-state index in [1.54, 1.807) is 0 Å². The van der Waals surface area contributed by atoms with Gasteiger partial charge in [0.2, 0.25) is 0 Å². The minimum atomic E-state index is -0.120. The quantitative estimate of drug-likeness (QED) is 0.471. The minimum absolute atomic E-state index is 0.120. The molecule has 0 amide bonds. The summed E-state index contributed by atoms with van der Waals surface area (Å²) in [7, 11) is 1.44. The molecule has 1 rings (SSSR count). The second kappa shape index (κ2) is 9.30. The number of rotatable bonds is 8. The average molecular weight is 258 g/mol. The van der Waals surface area contributed by atoms with E-state index in [2.05, 4.69) is 21.5 Å². The fourth-order valence-electron chi connectivity index (χ4n) is 2.03. The van der Waals surface area contributed by atoms with Gasteiger partial charge >= 0.3 is 5.97 Å². The van der Waals surface area contributed by atoms with Crippen LogP contribution in [0.2, 0.25) is 0 Å². The molecule has 1 aliphatic rings. The Morgan fingerprint density at radius 2 is 1.67 bits per heavy atom. The maximum Gasteiger partial charge on any atom is 0.306 e. The van der Waals surface area contributed by atoms with Gasteiger partial charge in [0.15, 0.2) is 0 Å². The Kier molecular flexibility index (Phi) is 7.96. The summed E-state index contributed by atoms with van der Waals surface area (Å²) in [5.41, 5.74) is 0. The monoisotopic (exact) mass is 258 g/mol. The lowest BCUT2D eigenvalue weighted by Crippen LogP contribution is -2.47. The van der Waals surface area contributed by atoms with Gasteiger partial charge in [-0.3, -0.25) is 9.69 Å². The third-order valence-corrected chi connectivity index (χ3v) is 3.23. The number of hydrogen-bond donors (Lipinski definition) is 0. The van der Waals surface area contributed by atoms with E-state index in [9.17, 15) is 4.79 Å². The van der Waals surface area contributed by atoms with Crippen LogP contribution in [0.15, 0.2) is 0 Å². The zero-order valence-corrected chi connectivity index (χ0v) is 11.7. The third-order valence-electron chi connectivity index (χ3n) is 3.23. The highest BCUT2D eigenvalue weighted by molar-refractivity contribution is 5.69. The van der Waals surface area contributed by atoms with E-state index in [-0.39, 0.29) is 5.97 Å². The molecule has 1 saturated heterocycles. The highest BCUT2D eigenvalue weighted by Crippen LogP contribution is 2.02. The first-order chi connectivity index (χ1) is 8.76. The van der Waals surface area contributed by atoms with Crippen molar-refractivity contribution in [1.29, 1.82) is 0 Å². The topological polar surface area (TPSA) is 42.0 Å². The van der Waals surface area contributed by atoms with E-state index in [0.29, 0.717) is 6.42 Å². The summed E-state index contributed by atoms with van der Waals surface area (Å²) in [6.45, 7) is 9.84. The van der Waals surface area contributed by atoms with E-state index in [4.69, 9.17) is 4.74 Å². The standard InChI is InChI=1S/C13H26N2O3/c1-3-11-18-12-10-15-8-6-14(7-9-15)5-4-13(16)17-2/h3-12H2,1-2H3. The Balaban J connectivity index is 2.03. The van der Waals surface area contributed by atoms with E-state index in [0.717, 1.165) is 58.9 Å². The number of ether oxygens (including phenoxy) is 2. The summed E-state index contributed by atoms with van der Waals surface area (Å²) < 4.78 is 10.1. The molecule has 0 atom stereocenters. The van der Waals surface area contributed by atoms with Crippen molar-refractivity contribution < 1.29 is 14.3 Å². The molecule has 1 fully saturated rings. The number of hydrogen-bond acceptors (Lipinski definition) is 5. The molecular weight excluding hydrogens is 232 g/mol. The predicted octanol–water partition coefficient (Wildman–Crippen LogP) is 0.594. The van der Waals surface area contributed by atoms with Crippen LogP contribution in [-0.2, 0) is 14.3 Å². The van der Waals surface area contributed by atoms with Crippen LogP contribution in [0.3, 0.4) is 0 Å². The number of nitrogens with zero attached hydrogens (tertiary/aromatic N) is 2. The lowest BCUT2D eigenvalue weighted by atomic mass is 10.3. The number of carbonyl (C=O) groups is 1. The van der Waals surface area contributed by atoms with Crippen molar-refractivity contribution in [2.45, 2.75) is 19.8 Å². The smallest absolute Gasteiger partial charge is 0.306 e. The highest BCUT2D eigenvalue weighted by Gasteiger charge is 2.17. The fourth-order valence-corrected chi connectivity index (χ4v) is 2.03. The SMILES string of the molecule is CCCOCCN1CCN(CCC(=O)OC)CC1. The molecule has 5 nitrogen and oxygen atoms in total. The Bertz CT molecular complexity index is 228. The van der Waals surface area contributed by atoms with Gasteiger partial charge in [0, 0.05) is 45.9 Å². The molecule has 0 aromatic heterocycles. The van der Waals surface area contributed by atoms with Crippen molar-refractivity contribution in [2.24, 2.45) is 0 Å². The van der Waals surface area contributed by atoms with Crippen LogP contribution >= 0.6 is 0 Å². The van der Waals surface area contributed by atoms with Gasteiger partial charge in [-0.1, -0.05) is 6.92 Å². The summed E-state index contributed by atoms with van der Waals surface area (Å²) in [4.78, 5) is 15.8. The van der Waals surface area contributed by atoms with Crippen molar-refractivity contribution >= 4 is 5.97 Å². The van der Waals surface area contributed by atoms with E-state index in [1.807, 2.05) is 0 Å². The molecule has 106 valence electrons. The van der Waals surface area contributed by atoms with Crippen molar-refractivity contribution in [1.82, 2.24) is 9.80 Å². The Hall–Kier alpha value is -0.650. The second-order valence-corrected chi connectivity index (χ2v) is 4.62. The van der Waals surface area contributed by atoms with Gasteiger partial charge in [0.1, 0.15) is 0 Å². The number of piperazine rings is 1. The third kappa shape index (κ3) is 6.33. The molecule has 1 aliphatic heterocycles. The molecule has 18 heavy (non-hydrogen) atoms. The summed E-state index contributed by atoms with van der Waals surface area (Å²) in [5, 5.41) is 0. The van der Waals surface area contributed by atoms with Crippen LogP contribution in [-0.4, -0.2) is 75.4 Å². The van der Waals surface area contributed by atoms with Gasteiger partial charge in [-0.25, -0.2) is 0 Å². The normalized spacial score (nSPS) is 17.9. The number of methoxy groups -OCH3 is 1. The van der Waals surface area contributed by atoms with Gasteiger partial charge in [-0.15, -0.1) is 0 Å². The van der Waals surface area contributed by atoms with E-state index >= 15 is 0 Å². The molecule has 0 aromatic rings. The van der Waals surface area contributed by atoms with E-state index in [1.165, 1.54) is 7.11 Å². The lowest BCUT2D eigenvalue weighted by molar-refractivity contribution is -0.141. The van der Waals surface area contributed by atoms with Crippen molar-refractivity contribution in [2.75, 3.05) is 59.6 Å². The molecule has 0 N–H and O–H groups in total. The zero-order chi connectivity index (χ0) is 13.2. The first-order valence-electron chi connectivity index (χ1n) is 6.85. The Morgan fingerprint density at radius 1 is 1.06 bits per heavy atom. The molecule has 0 aromatic carbocycles. The molecule has 0 unspecified atom stereocenters. The Labute approximate surface area is 110 Å². The Morgan fingerprint density at radius 3 is 2.22 bits per heavy atom. The van der Waals surface area contributed by atoms with E-state index < -0.39 is 0 Å². The molecule has 1 heterocycles. The molecular formula is C13H26N2O3. The first kappa shape index (κ1) is 15.4. The maximum atomic E-state index is 11.0. The van der Waals surface area contributed by atoms with Crippen LogP contribution in [0.25, 0.3) is 0 Å². The summed E-state index contributed by atoms with van der Waals surface area (Å²) >= 11 is 0. The average Bonchev–Trinajstić information content (AvgIpc) is 2.42. The predicted molar refractivity (Wildman–Crippen MR) is 70.6 cm³/mol. The van der Waals surface area contributed by atoms with Crippen molar-refractivity contribution in [3.8, 4) is 0 Å². The van der Waals surface area contributed by atoms with Gasteiger partial charge in [-0.2, -0.15) is 0 Å². The van der Waals surface area contributed by atoms with Crippen LogP contribution in [0.1, 0.15) is 19.8 Å². The van der Waals surface area contributed by atoms with Crippen LogP contribution < -0.4 is 0 Å². The second-order valence-electron chi connectivity index (χ2n) is 4.62. The molecule has 0 aliphatic carbocycles. The van der Waals surface area contributed by atoms with Gasteiger partial charge in [0.05, 0.1) is 20.1 Å². The number of carbonyl (C=O) groups excluding carboxylic acids is 1. The molecule has 0 radical (unpaired) electrons. The largest absolute Gasteiger partial charge is 0.469 e. The van der Waals surface area contributed by atoms with Gasteiger partial charge in [0.25, 0.3) is 0 Å². The van der Waals surface area contributed by atoms with Crippen molar-refractivity contribution in [3.63, 3.8) is 0 Å². The first-order valence-corrected chi connectivity index (χ1v) is 6.85. The summed E-state index contributed by atoms with van der Waals surface area (Å²) in [6, 6.07) is 0. The maximum absolute atomic E-state index is 11.0. The van der Waals surface area contributed by atoms with Crippen LogP contribution in [0.4, 0.5) is 0 Å². The fraction of sp³-hybridized carbons (Fsp3) is 0.923. The summed E-state index contributed by atoms with van der Waals surface area (Å²) in [6.07, 6.45) is 1.58. The van der Waals surface area contributed by atoms with Gasteiger partial charge < -0.3 is 14.4 Å². The van der Waals surface area contributed by atoms with Gasteiger partial charge in [-0.05, 0) is 6.42 Å². The van der Waals surface area contributed by atoms with Crippen molar-refractivity contribution in [3.05, 3.63) is 0 Å². The molecule has 5 heteroatoms. The molecule has 0 saturated carbocycles. The number of esters is 1. The summed E-state index contributed by atoms with van der Waals surface area (Å²) in [5.74, 6) is -0.120. The lowest BCUT2D eigenvalue weighted by Gasteiger charge is -2.34. The highest BCUT2D eigenvalue weighted by atomic mass is 16.5. The minimum Gasteiger partial charge on any atom is -0.469 e. The van der Waals surface area contributed by atoms with Crippen LogP contribution in [0.5, 0.6) is 0 Å². The molecule has 0 spiro atoms. The van der Waals surface area contributed by atoms with Crippen LogP contribution in [0, 0.1) is 0 Å².